The summed E-state index contributed by atoms with van der Waals surface area (Å²) in [5, 5.41) is 10.1. The Morgan fingerprint density at radius 3 is 2.35 bits per heavy atom. The number of benzene rings is 1. The van der Waals surface area contributed by atoms with Crippen molar-refractivity contribution < 1.29 is 14.5 Å². The number of carbonyl (C=O) groups excluding carboxylic acids is 2. The minimum Gasteiger partial charge on any atom is -0.322 e. The van der Waals surface area contributed by atoms with E-state index in [1.165, 1.54) is 0 Å². The van der Waals surface area contributed by atoms with Crippen molar-refractivity contribution >= 4 is 35.0 Å². The average Bonchev–Trinajstić information content (AvgIpc) is 2.81. The Kier molecular flexibility index (Phi) is 6.82. The number of hydrogen-bond donors (Lipinski definition) is 3. The standard InChI is InChI=1S/C18H25N5O2S/c1-12-18(13(2)23(4)21-12)20-17(25)11-22(3)10-16(24)19-14-8-6-7-9-15(14)26-5/h6-9H,10-11H2,1-5H3,(H,19,24)(H,20,25)/p+1. The summed E-state index contributed by atoms with van der Waals surface area (Å²) in [6, 6.07) is 7.66. The molecule has 0 aliphatic rings. The Morgan fingerprint density at radius 1 is 1.15 bits per heavy atom. The van der Waals surface area contributed by atoms with Crippen LogP contribution in [0.2, 0.25) is 0 Å². The van der Waals surface area contributed by atoms with Crippen LogP contribution in [0.3, 0.4) is 0 Å². The molecule has 1 aromatic heterocycles. The topological polar surface area (TPSA) is 80.5 Å². The van der Waals surface area contributed by atoms with Crippen LogP contribution in [0.15, 0.2) is 29.2 Å². The minimum atomic E-state index is -0.140. The van der Waals surface area contributed by atoms with Crippen LogP contribution in [0.4, 0.5) is 11.4 Å². The maximum Gasteiger partial charge on any atom is 0.279 e. The summed E-state index contributed by atoms with van der Waals surface area (Å²) < 4.78 is 1.73. The van der Waals surface area contributed by atoms with Gasteiger partial charge in [-0.1, -0.05) is 12.1 Å². The van der Waals surface area contributed by atoms with Crippen molar-refractivity contribution in [1.29, 1.82) is 0 Å². The Morgan fingerprint density at radius 2 is 1.77 bits per heavy atom. The van der Waals surface area contributed by atoms with Gasteiger partial charge in [-0.05, 0) is 32.2 Å². The van der Waals surface area contributed by atoms with Crippen molar-refractivity contribution in [3.8, 4) is 0 Å². The van der Waals surface area contributed by atoms with Gasteiger partial charge in [0.2, 0.25) is 0 Å². The molecule has 1 heterocycles. The first-order chi connectivity index (χ1) is 12.3. The van der Waals surface area contributed by atoms with E-state index in [4.69, 9.17) is 0 Å². The van der Waals surface area contributed by atoms with Crippen molar-refractivity contribution in [2.24, 2.45) is 7.05 Å². The van der Waals surface area contributed by atoms with Gasteiger partial charge in [-0.2, -0.15) is 5.10 Å². The van der Waals surface area contributed by atoms with E-state index < -0.39 is 0 Å². The third kappa shape index (κ3) is 5.09. The second-order valence-electron chi connectivity index (χ2n) is 6.28. The van der Waals surface area contributed by atoms with Gasteiger partial charge in [0.05, 0.1) is 29.8 Å². The lowest BCUT2D eigenvalue weighted by Crippen LogP contribution is -3.11. The zero-order chi connectivity index (χ0) is 19.3. The van der Waals surface area contributed by atoms with E-state index >= 15 is 0 Å². The zero-order valence-corrected chi connectivity index (χ0v) is 16.7. The molecule has 1 unspecified atom stereocenters. The van der Waals surface area contributed by atoms with Crippen molar-refractivity contribution in [3.63, 3.8) is 0 Å². The fourth-order valence-electron chi connectivity index (χ4n) is 2.69. The fourth-order valence-corrected chi connectivity index (χ4v) is 3.24. The molecule has 0 radical (unpaired) electrons. The van der Waals surface area contributed by atoms with Crippen LogP contribution in [-0.2, 0) is 16.6 Å². The molecular formula is C18H26N5O2S+. The highest BCUT2D eigenvalue weighted by atomic mass is 32.2. The summed E-state index contributed by atoms with van der Waals surface area (Å²) in [5.74, 6) is -0.260. The van der Waals surface area contributed by atoms with Crippen LogP contribution in [0.25, 0.3) is 0 Å². The maximum atomic E-state index is 12.3. The first kappa shape index (κ1) is 20.0. The maximum absolute atomic E-state index is 12.3. The number of amides is 2. The summed E-state index contributed by atoms with van der Waals surface area (Å²) >= 11 is 1.58. The van der Waals surface area contributed by atoms with Crippen LogP contribution in [0.1, 0.15) is 11.4 Å². The molecule has 1 aromatic carbocycles. The number of nitrogens with zero attached hydrogens (tertiary/aromatic N) is 2. The molecule has 0 bridgehead atoms. The number of rotatable bonds is 7. The largest absolute Gasteiger partial charge is 0.322 e. The fraction of sp³-hybridized carbons (Fsp3) is 0.389. The smallest absolute Gasteiger partial charge is 0.279 e. The summed E-state index contributed by atoms with van der Waals surface area (Å²) in [6.07, 6.45) is 1.97. The number of anilines is 2. The van der Waals surface area contributed by atoms with Crippen LogP contribution in [0, 0.1) is 13.8 Å². The van der Waals surface area contributed by atoms with Gasteiger partial charge in [-0.3, -0.25) is 14.3 Å². The van der Waals surface area contributed by atoms with E-state index in [0.717, 1.165) is 32.6 Å². The molecule has 7 nitrogen and oxygen atoms in total. The van der Waals surface area contributed by atoms with Crippen molar-refractivity contribution in [3.05, 3.63) is 35.7 Å². The second kappa shape index (κ2) is 8.86. The molecule has 2 rings (SSSR count). The second-order valence-corrected chi connectivity index (χ2v) is 7.12. The molecule has 0 spiro atoms. The van der Waals surface area contributed by atoms with Gasteiger partial charge in [0.1, 0.15) is 0 Å². The first-order valence-electron chi connectivity index (χ1n) is 8.36. The normalized spacial score (nSPS) is 11.9. The molecule has 8 heteroatoms. The molecule has 26 heavy (non-hydrogen) atoms. The van der Waals surface area contributed by atoms with Crippen LogP contribution in [-0.4, -0.2) is 48.0 Å². The van der Waals surface area contributed by atoms with Crippen molar-refractivity contribution in [2.75, 3.05) is 37.0 Å². The van der Waals surface area contributed by atoms with Gasteiger partial charge < -0.3 is 15.5 Å². The SMILES string of the molecule is CSc1ccccc1NC(=O)C[NH+](C)CC(=O)Nc1c(C)nn(C)c1C. The molecule has 1 atom stereocenters. The number of nitrogens with one attached hydrogen (secondary N) is 3. The average molecular weight is 377 g/mol. The number of likely N-dealkylation sites (N-methyl/N-ethyl adjacent to an activating group) is 1. The van der Waals surface area contributed by atoms with E-state index in [-0.39, 0.29) is 24.9 Å². The Hall–Kier alpha value is -2.32. The Balaban J connectivity index is 1.88. The predicted molar refractivity (Wildman–Crippen MR) is 105 cm³/mol. The van der Waals surface area contributed by atoms with Gasteiger partial charge in [0.25, 0.3) is 11.8 Å². The highest BCUT2D eigenvalue weighted by Gasteiger charge is 2.18. The van der Waals surface area contributed by atoms with E-state index in [1.807, 2.05) is 58.5 Å². The number of quaternary nitrogens is 1. The summed E-state index contributed by atoms with van der Waals surface area (Å²) in [5.41, 5.74) is 3.22. The Labute approximate surface area is 158 Å². The number of carbonyl (C=O) groups is 2. The molecule has 0 aliphatic heterocycles. The third-order valence-electron chi connectivity index (χ3n) is 4.08. The minimum absolute atomic E-state index is 0.120. The molecule has 0 fully saturated rings. The number of aryl methyl sites for hydroxylation is 2. The zero-order valence-electron chi connectivity index (χ0n) is 15.8. The van der Waals surface area contributed by atoms with Gasteiger partial charge in [-0.15, -0.1) is 11.8 Å². The van der Waals surface area contributed by atoms with E-state index in [0.29, 0.717) is 0 Å². The molecule has 0 saturated heterocycles. The Bertz CT molecular complexity index is 803. The van der Waals surface area contributed by atoms with Crippen LogP contribution >= 0.6 is 11.8 Å². The van der Waals surface area contributed by atoms with Gasteiger partial charge in [0.15, 0.2) is 13.1 Å². The number of aromatic nitrogens is 2. The third-order valence-corrected chi connectivity index (χ3v) is 4.87. The molecule has 140 valence electrons. The number of hydrogen-bond acceptors (Lipinski definition) is 4. The predicted octanol–water partition coefficient (Wildman–Crippen LogP) is 0.851. The van der Waals surface area contributed by atoms with Crippen LogP contribution in [0.5, 0.6) is 0 Å². The number of para-hydroxylation sites is 1. The highest BCUT2D eigenvalue weighted by Crippen LogP contribution is 2.24. The molecule has 2 aromatic rings. The highest BCUT2D eigenvalue weighted by molar-refractivity contribution is 7.98. The first-order valence-corrected chi connectivity index (χ1v) is 9.58. The van der Waals surface area contributed by atoms with E-state index in [1.54, 1.807) is 16.4 Å². The lowest BCUT2D eigenvalue weighted by Gasteiger charge is -2.15. The van der Waals surface area contributed by atoms with Crippen molar-refractivity contribution in [1.82, 2.24) is 9.78 Å². The molecule has 0 aliphatic carbocycles. The summed E-state index contributed by atoms with van der Waals surface area (Å²) in [6.45, 7) is 4.17. The van der Waals surface area contributed by atoms with E-state index in [9.17, 15) is 9.59 Å². The van der Waals surface area contributed by atoms with Crippen molar-refractivity contribution in [2.45, 2.75) is 18.7 Å². The molecule has 3 N–H and O–H groups in total. The van der Waals surface area contributed by atoms with Gasteiger partial charge in [-0.25, -0.2) is 0 Å². The van der Waals surface area contributed by atoms with Gasteiger partial charge >= 0.3 is 0 Å². The quantitative estimate of drug-likeness (QED) is 0.626. The van der Waals surface area contributed by atoms with Gasteiger partial charge in [0, 0.05) is 11.9 Å². The van der Waals surface area contributed by atoms with E-state index in [2.05, 4.69) is 15.7 Å². The summed E-state index contributed by atoms with van der Waals surface area (Å²) in [4.78, 5) is 26.3. The van der Waals surface area contributed by atoms with Crippen LogP contribution < -0.4 is 15.5 Å². The number of thioether (sulfide) groups is 1. The monoisotopic (exact) mass is 376 g/mol. The lowest BCUT2D eigenvalue weighted by molar-refractivity contribution is -0.862. The lowest BCUT2D eigenvalue weighted by atomic mass is 10.3. The molecule has 0 saturated carbocycles. The molecular weight excluding hydrogens is 350 g/mol. The molecule has 2 amide bonds. The summed E-state index contributed by atoms with van der Waals surface area (Å²) in [7, 11) is 3.66.